The maximum Gasteiger partial charge on any atom is 0.268 e. The quantitative estimate of drug-likeness (QED) is 0.132. The number of aliphatic imine (C=N–C) groups is 1. The average Bonchev–Trinajstić information content (AvgIpc) is 2.90. The summed E-state index contributed by atoms with van der Waals surface area (Å²) in [6, 6.07) is 25.4. The van der Waals surface area contributed by atoms with E-state index in [9.17, 15) is 9.18 Å². The standard InChI is InChI=1S/C28H20BrFN4OS/c1-36-27-23(17-31-16-20-13-10-18-6-2-5-9-25(18)32-20)28(35)34(21-14-11-19(29)12-15-21)26(33-27)22-7-3-4-8-24(22)30/h2-15,17H,16H2,1H3. The van der Waals surface area contributed by atoms with Crippen molar-refractivity contribution in [1.29, 1.82) is 0 Å². The molecule has 0 saturated heterocycles. The predicted octanol–water partition coefficient (Wildman–Crippen LogP) is 6.69. The molecule has 5 rings (SSSR count). The maximum absolute atomic E-state index is 14.8. The third-order valence-electron chi connectivity index (χ3n) is 5.61. The Labute approximate surface area is 219 Å². The van der Waals surface area contributed by atoms with Crippen LogP contribution < -0.4 is 5.56 Å². The third-order valence-corrected chi connectivity index (χ3v) is 6.83. The van der Waals surface area contributed by atoms with E-state index in [1.54, 1.807) is 36.5 Å². The van der Waals surface area contributed by atoms with Gasteiger partial charge in [-0.3, -0.25) is 19.3 Å². The molecule has 0 N–H and O–H groups in total. The number of thioether (sulfide) groups is 1. The first-order valence-electron chi connectivity index (χ1n) is 11.1. The molecule has 0 saturated carbocycles. The number of hydrogen-bond donors (Lipinski definition) is 0. The van der Waals surface area contributed by atoms with Crippen LogP contribution in [-0.4, -0.2) is 27.0 Å². The summed E-state index contributed by atoms with van der Waals surface area (Å²) in [5.41, 5.74) is 2.52. The third kappa shape index (κ3) is 4.87. The minimum absolute atomic E-state index is 0.234. The number of aromatic nitrogens is 3. The molecule has 8 heteroatoms. The zero-order valence-corrected chi connectivity index (χ0v) is 21.6. The summed E-state index contributed by atoms with van der Waals surface area (Å²) in [7, 11) is 0. The molecule has 0 radical (unpaired) electrons. The maximum atomic E-state index is 14.8. The second-order valence-electron chi connectivity index (χ2n) is 7.92. The Morgan fingerprint density at radius 2 is 1.72 bits per heavy atom. The Morgan fingerprint density at radius 1 is 0.972 bits per heavy atom. The molecule has 0 aliphatic carbocycles. The zero-order valence-electron chi connectivity index (χ0n) is 19.2. The van der Waals surface area contributed by atoms with E-state index in [1.807, 2.05) is 54.8 Å². The number of hydrogen-bond acceptors (Lipinski definition) is 5. The highest BCUT2D eigenvalue weighted by molar-refractivity contribution is 9.10. The van der Waals surface area contributed by atoms with Crippen LogP contribution in [0.15, 0.2) is 104 Å². The molecule has 0 unspecified atom stereocenters. The van der Waals surface area contributed by atoms with Crippen LogP contribution in [0.1, 0.15) is 11.3 Å². The number of pyridine rings is 1. The molecule has 0 atom stereocenters. The molecular weight excluding hydrogens is 539 g/mol. The summed E-state index contributed by atoms with van der Waals surface area (Å²) in [6.07, 6.45) is 3.37. The lowest BCUT2D eigenvalue weighted by atomic mass is 10.1. The Kier molecular flexibility index (Phi) is 7.06. The number of benzene rings is 3. The van der Waals surface area contributed by atoms with E-state index in [2.05, 4.69) is 25.9 Å². The van der Waals surface area contributed by atoms with Crippen molar-refractivity contribution < 1.29 is 4.39 Å². The number of nitrogens with zero attached hydrogens (tertiary/aromatic N) is 4. The fourth-order valence-corrected chi connectivity index (χ4v) is 4.66. The minimum Gasteiger partial charge on any atom is -0.286 e. The highest BCUT2D eigenvalue weighted by Crippen LogP contribution is 2.26. The van der Waals surface area contributed by atoms with Crippen molar-refractivity contribution >= 4 is 44.8 Å². The molecule has 2 aromatic heterocycles. The van der Waals surface area contributed by atoms with Crippen LogP contribution in [0.3, 0.4) is 0 Å². The smallest absolute Gasteiger partial charge is 0.268 e. The average molecular weight is 559 g/mol. The summed E-state index contributed by atoms with van der Waals surface area (Å²) < 4.78 is 17.1. The fourth-order valence-electron chi connectivity index (χ4n) is 3.86. The Bertz CT molecular complexity index is 1650. The Morgan fingerprint density at radius 3 is 2.50 bits per heavy atom. The molecule has 0 amide bonds. The van der Waals surface area contributed by atoms with Gasteiger partial charge < -0.3 is 0 Å². The second-order valence-corrected chi connectivity index (χ2v) is 9.63. The minimum atomic E-state index is -0.453. The van der Waals surface area contributed by atoms with Gasteiger partial charge in [-0.25, -0.2) is 9.37 Å². The van der Waals surface area contributed by atoms with Gasteiger partial charge in [0.15, 0.2) is 5.82 Å². The molecule has 0 spiro atoms. The highest BCUT2D eigenvalue weighted by Gasteiger charge is 2.20. The molecule has 0 bridgehead atoms. The van der Waals surface area contributed by atoms with Crippen LogP contribution in [0, 0.1) is 5.82 Å². The molecule has 3 aromatic carbocycles. The molecule has 5 aromatic rings. The van der Waals surface area contributed by atoms with E-state index >= 15 is 0 Å². The van der Waals surface area contributed by atoms with Gasteiger partial charge in [-0.2, -0.15) is 0 Å². The van der Waals surface area contributed by atoms with Gasteiger partial charge >= 0.3 is 0 Å². The first-order valence-corrected chi connectivity index (χ1v) is 13.1. The van der Waals surface area contributed by atoms with Crippen LogP contribution in [0.25, 0.3) is 28.0 Å². The van der Waals surface area contributed by atoms with E-state index in [0.717, 1.165) is 21.1 Å². The summed E-state index contributed by atoms with van der Waals surface area (Å²) in [5.74, 6) is -0.218. The van der Waals surface area contributed by atoms with Crippen LogP contribution >= 0.6 is 27.7 Å². The highest BCUT2D eigenvalue weighted by atomic mass is 79.9. The van der Waals surface area contributed by atoms with Crippen molar-refractivity contribution in [2.24, 2.45) is 4.99 Å². The second kappa shape index (κ2) is 10.6. The molecule has 0 fully saturated rings. The van der Waals surface area contributed by atoms with Gasteiger partial charge in [-0.1, -0.05) is 52.3 Å². The van der Waals surface area contributed by atoms with Crippen LogP contribution in [-0.2, 0) is 6.54 Å². The topological polar surface area (TPSA) is 60.1 Å². The van der Waals surface area contributed by atoms with Gasteiger partial charge in [-0.05, 0) is 54.8 Å². The van der Waals surface area contributed by atoms with Crippen molar-refractivity contribution in [1.82, 2.24) is 14.5 Å². The van der Waals surface area contributed by atoms with E-state index in [4.69, 9.17) is 4.98 Å². The van der Waals surface area contributed by atoms with Crippen molar-refractivity contribution in [2.75, 3.05) is 6.26 Å². The van der Waals surface area contributed by atoms with Crippen molar-refractivity contribution in [2.45, 2.75) is 11.6 Å². The largest absolute Gasteiger partial charge is 0.286 e. The predicted molar refractivity (Wildman–Crippen MR) is 148 cm³/mol. The van der Waals surface area contributed by atoms with Gasteiger partial charge in [0.2, 0.25) is 0 Å². The number of rotatable bonds is 6. The van der Waals surface area contributed by atoms with Gasteiger partial charge in [0.1, 0.15) is 10.8 Å². The summed E-state index contributed by atoms with van der Waals surface area (Å²) in [4.78, 5) is 27.7. The Balaban J connectivity index is 1.61. The molecule has 0 aliphatic heterocycles. The van der Waals surface area contributed by atoms with Crippen molar-refractivity contribution in [3.63, 3.8) is 0 Å². The number of para-hydroxylation sites is 1. The molecule has 5 nitrogen and oxygen atoms in total. The van der Waals surface area contributed by atoms with Gasteiger partial charge in [0.25, 0.3) is 5.56 Å². The van der Waals surface area contributed by atoms with Crippen LogP contribution in [0.4, 0.5) is 4.39 Å². The summed E-state index contributed by atoms with van der Waals surface area (Å²) >= 11 is 4.74. The molecular formula is C28H20BrFN4OS. The fraction of sp³-hybridized carbons (Fsp3) is 0.0714. The number of halogens is 2. The van der Waals surface area contributed by atoms with Gasteiger partial charge in [0.05, 0.1) is 34.6 Å². The molecule has 2 heterocycles. The van der Waals surface area contributed by atoms with E-state index < -0.39 is 5.82 Å². The number of fused-ring (bicyclic) bond motifs is 1. The lowest BCUT2D eigenvalue weighted by molar-refractivity contribution is 0.628. The van der Waals surface area contributed by atoms with Crippen molar-refractivity contribution in [3.05, 3.63) is 117 Å². The van der Waals surface area contributed by atoms with E-state index in [-0.39, 0.29) is 16.9 Å². The van der Waals surface area contributed by atoms with E-state index in [0.29, 0.717) is 22.8 Å². The Hall–Kier alpha value is -3.62. The molecule has 0 aliphatic rings. The summed E-state index contributed by atoms with van der Waals surface area (Å²) in [5, 5.41) is 1.53. The molecule has 178 valence electrons. The molecule has 36 heavy (non-hydrogen) atoms. The van der Waals surface area contributed by atoms with Crippen LogP contribution in [0.2, 0.25) is 0 Å². The SMILES string of the molecule is CSc1nc(-c2ccccc2F)n(-c2ccc(Br)cc2)c(=O)c1C=NCc1ccc2ccccc2n1. The van der Waals surface area contributed by atoms with Gasteiger partial charge in [0, 0.05) is 16.1 Å². The van der Waals surface area contributed by atoms with E-state index in [1.165, 1.54) is 22.4 Å². The lowest BCUT2D eigenvalue weighted by Crippen LogP contribution is -2.26. The lowest BCUT2D eigenvalue weighted by Gasteiger charge is -2.16. The van der Waals surface area contributed by atoms with Crippen LogP contribution in [0.5, 0.6) is 0 Å². The van der Waals surface area contributed by atoms with Gasteiger partial charge in [-0.15, -0.1) is 11.8 Å². The first-order chi connectivity index (χ1) is 17.5. The summed E-state index contributed by atoms with van der Waals surface area (Å²) in [6.45, 7) is 0.311. The first kappa shape index (κ1) is 24.1. The van der Waals surface area contributed by atoms with Crippen molar-refractivity contribution in [3.8, 4) is 17.1 Å². The monoisotopic (exact) mass is 558 g/mol. The zero-order chi connectivity index (χ0) is 25.1. The normalized spacial score (nSPS) is 11.4.